The van der Waals surface area contributed by atoms with E-state index in [2.05, 4.69) is 31.0 Å². The summed E-state index contributed by atoms with van der Waals surface area (Å²) in [5.41, 5.74) is 3.91. The fraction of sp³-hybridized carbons (Fsp3) is 0.154. The highest BCUT2D eigenvalue weighted by Crippen LogP contribution is 2.43. The quantitative estimate of drug-likeness (QED) is 0.271. The van der Waals surface area contributed by atoms with Crippen molar-refractivity contribution in [3.05, 3.63) is 100 Å². The van der Waals surface area contributed by atoms with Gasteiger partial charge in [0.25, 0.3) is 0 Å². The number of benzene rings is 2. The minimum atomic E-state index is -3.40. The third-order valence-electron chi connectivity index (χ3n) is 5.93. The second-order valence-electron chi connectivity index (χ2n) is 8.58. The van der Waals surface area contributed by atoms with E-state index < -0.39 is 10.0 Å². The maximum Gasteiger partial charge on any atom is 0.229 e. The average Bonchev–Trinajstić information content (AvgIpc) is 3.45. The van der Waals surface area contributed by atoms with Gasteiger partial charge < -0.3 is 14.6 Å². The number of rotatable bonds is 6. The van der Waals surface area contributed by atoms with Gasteiger partial charge in [-0.15, -0.1) is 0 Å². The van der Waals surface area contributed by atoms with Gasteiger partial charge in [-0.25, -0.2) is 8.42 Å². The number of sulfonamides is 1. The van der Waals surface area contributed by atoms with Crippen LogP contribution in [0.4, 0.5) is 11.4 Å². The molecular formula is C26H23BrN4O3S2. The summed E-state index contributed by atoms with van der Waals surface area (Å²) >= 11 is 9.26. The Kier molecular flexibility index (Phi) is 6.59. The van der Waals surface area contributed by atoms with E-state index in [0.717, 1.165) is 44.8 Å². The zero-order valence-corrected chi connectivity index (χ0v) is 22.7. The average molecular weight is 584 g/mol. The maximum absolute atomic E-state index is 11.7. The van der Waals surface area contributed by atoms with Crippen LogP contribution in [0.25, 0.3) is 11.3 Å². The molecule has 1 saturated heterocycles. The van der Waals surface area contributed by atoms with E-state index in [4.69, 9.17) is 16.6 Å². The largest absolute Gasteiger partial charge is 0.459 e. The van der Waals surface area contributed by atoms with Crippen molar-refractivity contribution in [3.63, 3.8) is 0 Å². The van der Waals surface area contributed by atoms with Crippen molar-refractivity contribution in [3.8, 4) is 11.3 Å². The molecule has 7 nitrogen and oxygen atoms in total. The van der Waals surface area contributed by atoms with Gasteiger partial charge in [0.05, 0.1) is 23.7 Å². The number of nitrogens with one attached hydrogen (secondary N) is 2. The summed E-state index contributed by atoms with van der Waals surface area (Å²) < 4.78 is 33.4. The predicted octanol–water partition coefficient (Wildman–Crippen LogP) is 5.96. The first-order valence-corrected chi connectivity index (χ1v) is 14.2. The number of furan rings is 1. The molecule has 1 aliphatic heterocycles. The van der Waals surface area contributed by atoms with Crippen LogP contribution < -0.4 is 14.9 Å². The van der Waals surface area contributed by atoms with E-state index in [0.29, 0.717) is 10.8 Å². The number of aromatic nitrogens is 1. The number of anilines is 2. The van der Waals surface area contributed by atoms with Gasteiger partial charge >= 0.3 is 0 Å². The van der Waals surface area contributed by atoms with Crippen molar-refractivity contribution >= 4 is 54.7 Å². The van der Waals surface area contributed by atoms with Crippen molar-refractivity contribution in [2.24, 2.45) is 0 Å². The molecule has 0 amide bonds. The normalized spacial score (nSPS) is 17.8. The van der Waals surface area contributed by atoms with Crippen LogP contribution in [0.5, 0.6) is 0 Å². The Morgan fingerprint density at radius 3 is 2.53 bits per heavy atom. The third-order valence-corrected chi connectivity index (χ3v) is 7.36. The lowest BCUT2D eigenvalue weighted by Crippen LogP contribution is -2.29. The highest BCUT2D eigenvalue weighted by atomic mass is 79.9. The van der Waals surface area contributed by atoms with Crippen LogP contribution in [0.1, 0.15) is 29.1 Å². The Morgan fingerprint density at radius 1 is 1.08 bits per heavy atom. The van der Waals surface area contributed by atoms with Gasteiger partial charge in [-0.2, -0.15) is 0 Å². The lowest BCUT2D eigenvalue weighted by Gasteiger charge is -2.26. The van der Waals surface area contributed by atoms with E-state index >= 15 is 0 Å². The van der Waals surface area contributed by atoms with Gasteiger partial charge in [-0.1, -0.05) is 34.1 Å². The summed E-state index contributed by atoms with van der Waals surface area (Å²) in [5.74, 6) is 1.48. The number of halogens is 1. The highest BCUT2D eigenvalue weighted by molar-refractivity contribution is 9.10. The first-order valence-electron chi connectivity index (χ1n) is 11.1. The van der Waals surface area contributed by atoms with E-state index in [1.54, 1.807) is 12.3 Å². The van der Waals surface area contributed by atoms with E-state index in [9.17, 15) is 8.42 Å². The topological polar surface area (TPSA) is 87.5 Å². The molecule has 1 aliphatic rings. The first kappa shape index (κ1) is 24.5. The lowest BCUT2D eigenvalue weighted by atomic mass is 10.0. The molecule has 0 unspecified atom stereocenters. The summed E-state index contributed by atoms with van der Waals surface area (Å²) in [7, 11) is -3.40. The summed E-state index contributed by atoms with van der Waals surface area (Å²) in [6.07, 6.45) is 2.89. The standard InChI is InChI=1S/C26H23BrN4O3S2/c1-16-15-19(10-11-20(16)30-36(2,32)33)31-25(24(29-26(31)35)21-5-3-4-14-28-21)23-13-12-22(34-23)17-6-8-18(27)9-7-17/h3-15,24-25,30H,1-2H3,(H,29,35)/t24-,25-/m0/s1. The van der Waals surface area contributed by atoms with E-state index in [1.807, 2.05) is 78.6 Å². The van der Waals surface area contributed by atoms with Crippen molar-refractivity contribution in [1.29, 1.82) is 0 Å². The molecule has 0 aliphatic carbocycles. The van der Waals surface area contributed by atoms with E-state index in [-0.39, 0.29) is 12.1 Å². The minimum Gasteiger partial charge on any atom is -0.459 e. The number of hydrogen-bond donors (Lipinski definition) is 2. The number of nitrogens with zero attached hydrogens (tertiary/aromatic N) is 2. The lowest BCUT2D eigenvalue weighted by molar-refractivity contribution is 0.439. The third kappa shape index (κ3) is 5.02. The number of hydrogen-bond acceptors (Lipinski definition) is 5. The Labute approximate surface area is 223 Å². The zero-order valence-electron chi connectivity index (χ0n) is 19.5. The zero-order chi connectivity index (χ0) is 25.4. The van der Waals surface area contributed by atoms with Crippen LogP contribution in [0.3, 0.4) is 0 Å². The second kappa shape index (κ2) is 9.68. The molecule has 5 rings (SSSR count). The Bertz CT molecular complexity index is 1520. The molecule has 3 heterocycles. The van der Waals surface area contributed by atoms with Gasteiger partial charge in [0, 0.05) is 21.9 Å². The van der Waals surface area contributed by atoms with Gasteiger partial charge in [-0.05, 0) is 79.3 Å². The molecular weight excluding hydrogens is 560 g/mol. The van der Waals surface area contributed by atoms with Gasteiger partial charge in [0.15, 0.2) is 5.11 Å². The Morgan fingerprint density at radius 2 is 1.86 bits per heavy atom. The van der Waals surface area contributed by atoms with Crippen molar-refractivity contribution in [2.45, 2.75) is 19.0 Å². The molecule has 184 valence electrons. The molecule has 0 bridgehead atoms. The van der Waals surface area contributed by atoms with Gasteiger partial charge in [-0.3, -0.25) is 9.71 Å². The molecule has 0 saturated carbocycles. The molecule has 36 heavy (non-hydrogen) atoms. The number of pyridine rings is 1. The fourth-order valence-electron chi connectivity index (χ4n) is 4.31. The van der Waals surface area contributed by atoms with Crippen LogP contribution in [-0.2, 0) is 10.0 Å². The molecule has 0 spiro atoms. The van der Waals surface area contributed by atoms with Crippen molar-refractivity contribution < 1.29 is 12.8 Å². The second-order valence-corrected chi connectivity index (χ2v) is 11.6. The van der Waals surface area contributed by atoms with Crippen LogP contribution >= 0.6 is 28.1 Å². The van der Waals surface area contributed by atoms with Crippen LogP contribution in [-0.4, -0.2) is 24.8 Å². The molecule has 4 aromatic rings. The van der Waals surface area contributed by atoms with Crippen LogP contribution in [0.15, 0.2) is 87.9 Å². The van der Waals surface area contributed by atoms with Crippen LogP contribution in [0, 0.1) is 6.92 Å². The van der Waals surface area contributed by atoms with Crippen LogP contribution in [0.2, 0.25) is 0 Å². The SMILES string of the molecule is Cc1cc(N2C(=S)N[C@@H](c3ccccn3)[C@@H]2c2ccc(-c3ccc(Br)cc3)o2)ccc1NS(C)(=O)=O. The molecule has 2 aromatic heterocycles. The summed E-state index contributed by atoms with van der Waals surface area (Å²) in [6, 6.07) is 22.6. The van der Waals surface area contributed by atoms with Gasteiger partial charge in [0.1, 0.15) is 17.6 Å². The maximum atomic E-state index is 11.7. The minimum absolute atomic E-state index is 0.253. The number of aryl methyl sites for hydroxylation is 1. The number of thiocarbonyl (C=S) groups is 1. The molecule has 2 aromatic carbocycles. The molecule has 1 fully saturated rings. The molecule has 2 N–H and O–H groups in total. The smallest absolute Gasteiger partial charge is 0.229 e. The van der Waals surface area contributed by atoms with Crippen molar-refractivity contribution in [2.75, 3.05) is 15.9 Å². The predicted molar refractivity (Wildman–Crippen MR) is 149 cm³/mol. The summed E-state index contributed by atoms with van der Waals surface area (Å²) in [6.45, 7) is 1.85. The monoisotopic (exact) mass is 582 g/mol. The summed E-state index contributed by atoms with van der Waals surface area (Å²) in [4.78, 5) is 6.57. The molecule has 2 atom stereocenters. The van der Waals surface area contributed by atoms with Crippen molar-refractivity contribution in [1.82, 2.24) is 10.3 Å². The molecule has 0 radical (unpaired) electrons. The summed E-state index contributed by atoms with van der Waals surface area (Å²) in [5, 5.41) is 3.94. The molecule has 10 heteroatoms. The Hall–Kier alpha value is -3.21. The van der Waals surface area contributed by atoms with E-state index in [1.165, 1.54) is 0 Å². The first-order chi connectivity index (χ1) is 17.2. The Balaban J connectivity index is 1.57. The fourth-order valence-corrected chi connectivity index (χ4v) is 5.55. The highest BCUT2D eigenvalue weighted by Gasteiger charge is 2.42. The van der Waals surface area contributed by atoms with Gasteiger partial charge in [0.2, 0.25) is 10.0 Å².